The Labute approximate surface area is 190 Å². The van der Waals surface area contributed by atoms with Crippen LogP contribution in [-0.2, 0) is 21.2 Å². The maximum Gasteiger partial charge on any atom is 0.290 e. The highest BCUT2D eigenvalue weighted by molar-refractivity contribution is 7.95. The number of sulfone groups is 1. The monoisotopic (exact) mass is 473 g/mol. The van der Waals surface area contributed by atoms with E-state index in [1.807, 2.05) is 0 Å². The number of aliphatic hydroxyl groups excluding tert-OH is 1. The molecule has 1 unspecified atom stereocenters. The van der Waals surface area contributed by atoms with Gasteiger partial charge in [0.05, 0.1) is 10.9 Å². The molecule has 8 heteroatoms. The summed E-state index contributed by atoms with van der Waals surface area (Å²) >= 11 is 12.0. The summed E-state index contributed by atoms with van der Waals surface area (Å²) < 4.78 is 26.9. The van der Waals surface area contributed by atoms with E-state index >= 15 is 0 Å². The minimum absolute atomic E-state index is 0.00310. The second kappa shape index (κ2) is 8.38. The minimum atomic E-state index is -4.15. The lowest BCUT2D eigenvalue weighted by Crippen LogP contribution is -2.30. The zero-order chi connectivity index (χ0) is 22.2. The van der Waals surface area contributed by atoms with Gasteiger partial charge in [-0.2, -0.15) is 0 Å². The summed E-state index contributed by atoms with van der Waals surface area (Å²) in [5, 5.41) is 11.7. The molecule has 0 fully saturated rings. The molecule has 0 saturated carbocycles. The summed E-state index contributed by atoms with van der Waals surface area (Å²) in [6.07, 6.45) is 0. The summed E-state index contributed by atoms with van der Waals surface area (Å²) in [4.78, 5) is 14.0. The Morgan fingerprint density at radius 2 is 1.39 bits per heavy atom. The summed E-state index contributed by atoms with van der Waals surface area (Å²) in [5.74, 6) is -1.54. The molecule has 1 N–H and O–H groups in total. The van der Waals surface area contributed by atoms with Crippen molar-refractivity contribution in [3.05, 3.63) is 111 Å². The van der Waals surface area contributed by atoms with Gasteiger partial charge in [-0.3, -0.25) is 4.79 Å². The van der Waals surface area contributed by atoms with Crippen LogP contribution in [0, 0.1) is 0 Å². The van der Waals surface area contributed by atoms with Crippen LogP contribution < -0.4 is 0 Å². The highest BCUT2D eigenvalue weighted by Crippen LogP contribution is 2.43. The number of aliphatic hydroxyl groups is 1. The van der Waals surface area contributed by atoms with Gasteiger partial charge in [0.25, 0.3) is 5.91 Å². The van der Waals surface area contributed by atoms with E-state index in [2.05, 4.69) is 0 Å². The fraction of sp³-hybridized carbons (Fsp3) is 0.0870. The van der Waals surface area contributed by atoms with Crippen molar-refractivity contribution in [2.24, 2.45) is 0 Å². The van der Waals surface area contributed by atoms with Gasteiger partial charge in [0.1, 0.15) is 4.91 Å². The molecule has 1 amide bonds. The number of carbonyl (C=O) groups excluding carboxylic acids is 1. The highest BCUT2D eigenvalue weighted by atomic mass is 35.5. The van der Waals surface area contributed by atoms with E-state index in [-0.39, 0.29) is 16.3 Å². The molecule has 3 aromatic rings. The first kappa shape index (κ1) is 21.4. The number of benzene rings is 3. The van der Waals surface area contributed by atoms with Gasteiger partial charge in [0, 0.05) is 16.6 Å². The van der Waals surface area contributed by atoms with E-state index in [0.717, 1.165) is 5.56 Å². The van der Waals surface area contributed by atoms with Crippen molar-refractivity contribution in [3.8, 4) is 0 Å². The molecular formula is C23H17Cl2NO4S. The molecule has 158 valence electrons. The summed E-state index contributed by atoms with van der Waals surface area (Å²) in [6, 6.07) is 20.1. The molecule has 0 radical (unpaired) electrons. The van der Waals surface area contributed by atoms with Crippen LogP contribution in [0.15, 0.2) is 94.4 Å². The standard InChI is InChI=1S/C23H17Cl2NO4S/c24-17-10-6-15(7-11-17)14-26-20(16-8-12-18(25)13-9-16)22(21(27)23(26)28)31(29,30)19-4-2-1-3-5-19/h1-13,20,27H,14H2. The number of halogens is 2. The van der Waals surface area contributed by atoms with E-state index in [1.165, 1.54) is 17.0 Å². The average molecular weight is 474 g/mol. The van der Waals surface area contributed by atoms with Gasteiger partial charge < -0.3 is 10.0 Å². The van der Waals surface area contributed by atoms with E-state index in [4.69, 9.17) is 23.2 Å². The number of amides is 1. The molecule has 0 spiro atoms. The topological polar surface area (TPSA) is 74.7 Å². The third-order valence-electron chi connectivity index (χ3n) is 5.05. The van der Waals surface area contributed by atoms with Crippen molar-refractivity contribution in [2.75, 3.05) is 0 Å². The van der Waals surface area contributed by atoms with Crippen LogP contribution in [0.5, 0.6) is 0 Å². The van der Waals surface area contributed by atoms with Gasteiger partial charge in [0.2, 0.25) is 9.84 Å². The minimum Gasteiger partial charge on any atom is -0.502 e. The smallest absolute Gasteiger partial charge is 0.290 e. The summed E-state index contributed by atoms with van der Waals surface area (Å²) in [7, 11) is -4.15. The lowest BCUT2D eigenvalue weighted by molar-refractivity contribution is -0.130. The zero-order valence-electron chi connectivity index (χ0n) is 16.1. The predicted molar refractivity (Wildman–Crippen MR) is 119 cm³/mol. The van der Waals surface area contributed by atoms with E-state index in [0.29, 0.717) is 15.6 Å². The van der Waals surface area contributed by atoms with E-state index < -0.39 is 27.5 Å². The average Bonchev–Trinajstić information content (AvgIpc) is 3.02. The normalized spacial score (nSPS) is 16.8. The van der Waals surface area contributed by atoms with Gasteiger partial charge in [-0.15, -0.1) is 0 Å². The third-order valence-corrected chi connectivity index (χ3v) is 7.44. The van der Waals surface area contributed by atoms with Crippen LogP contribution in [0.25, 0.3) is 0 Å². The Bertz CT molecular complexity index is 1260. The SMILES string of the molecule is O=C1C(O)=C(S(=O)(=O)c2ccccc2)C(c2ccc(Cl)cc2)N1Cc1ccc(Cl)cc1. The third kappa shape index (κ3) is 4.06. The zero-order valence-corrected chi connectivity index (χ0v) is 18.4. The summed E-state index contributed by atoms with van der Waals surface area (Å²) in [5.41, 5.74) is 1.26. The molecule has 1 aliphatic rings. The van der Waals surface area contributed by atoms with Crippen molar-refractivity contribution in [3.63, 3.8) is 0 Å². The molecule has 0 aliphatic carbocycles. The Morgan fingerprint density at radius 3 is 1.97 bits per heavy atom. The van der Waals surface area contributed by atoms with Gasteiger partial charge in [-0.1, -0.05) is 65.7 Å². The second-order valence-electron chi connectivity index (χ2n) is 7.04. The van der Waals surface area contributed by atoms with Crippen molar-refractivity contribution in [1.29, 1.82) is 0 Å². The molecule has 1 aliphatic heterocycles. The fourth-order valence-electron chi connectivity index (χ4n) is 3.56. The van der Waals surface area contributed by atoms with Crippen molar-refractivity contribution >= 4 is 38.9 Å². The van der Waals surface area contributed by atoms with Gasteiger partial charge in [0.15, 0.2) is 5.76 Å². The van der Waals surface area contributed by atoms with Crippen LogP contribution >= 0.6 is 23.2 Å². The van der Waals surface area contributed by atoms with Crippen molar-refractivity contribution in [2.45, 2.75) is 17.5 Å². The molecule has 0 bridgehead atoms. The first-order valence-electron chi connectivity index (χ1n) is 9.33. The molecule has 0 saturated heterocycles. The molecular weight excluding hydrogens is 457 g/mol. The Morgan fingerprint density at radius 1 is 0.839 bits per heavy atom. The maximum absolute atomic E-state index is 13.4. The number of carbonyl (C=O) groups is 1. The van der Waals surface area contributed by atoms with Crippen LogP contribution in [0.1, 0.15) is 17.2 Å². The first-order valence-corrected chi connectivity index (χ1v) is 11.6. The molecule has 0 aromatic heterocycles. The number of rotatable bonds is 5. The molecule has 5 nitrogen and oxygen atoms in total. The molecule has 1 heterocycles. The van der Waals surface area contributed by atoms with Gasteiger partial charge in [-0.05, 0) is 47.5 Å². The first-order chi connectivity index (χ1) is 14.8. The lowest BCUT2D eigenvalue weighted by atomic mass is 10.1. The van der Waals surface area contributed by atoms with Gasteiger partial charge in [-0.25, -0.2) is 8.42 Å². The van der Waals surface area contributed by atoms with Crippen LogP contribution in [0.4, 0.5) is 0 Å². The highest BCUT2D eigenvalue weighted by Gasteiger charge is 2.46. The Kier molecular flexibility index (Phi) is 5.79. The Balaban J connectivity index is 1.85. The lowest BCUT2D eigenvalue weighted by Gasteiger charge is -2.27. The van der Waals surface area contributed by atoms with Crippen LogP contribution in [-0.4, -0.2) is 24.3 Å². The van der Waals surface area contributed by atoms with E-state index in [1.54, 1.807) is 66.7 Å². The summed E-state index contributed by atoms with van der Waals surface area (Å²) in [6.45, 7) is 0.0845. The number of hydrogen-bond acceptors (Lipinski definition) is 4. The Hall–Kier alpha value is -2.80. The fourth-order valence-corrected chi connectivity index (χ4v) is 5.48. The molecule has 4 rings (SSSR count). The quantitative estimate of drug-likeness (QED) is 0.543. The van der Waals surface area contributed by atoms with Crippen molar-refractivity contribution < 1.29 is 18.3 Å². The maximum atomic E-state index is 13.4. The largest absolute Gasteiger partial charge is 0.502 e. The number of nitrogens with zero attached hydrogens (tertiary/aromatic N) is 1. The van der Waals surface area contributed by atoms with Gasteiger partial charge >= 0.3 is 0 Å². The van der Waals surface area contributed by atoms with E-state index in [9.17, 15) is 18.3 Å². The van der Waals surface area contributed by atoms with Crippen molar-refractivity contribution in [1.82, 2.24) is 4.90 Å². The predicted octanol–water partition coefficient (Wildman–Crippen LogP) is 5.32. The molecule has 3 aromatic carbocycles. The number of hydrogen-bond donors (Lipinski definition) is 1. The molecule has 31 heavy (non-hydrogen) atoms. The second-order valence-corrected chi connectivity index (χ2v) is 9.83. The molecule has 1 atom stereocenters. The van der Waals surface area contributed by atoms with Crippen LogP contribution in [0.3, 0.4) is 0 Å². The van der Waals surface area contributed by atoms with Crippen LogP contribution in [0.2, 0.25) is 10.0 Å².